The van der Waals surface area contributed by atoms with Crippen LogP contribution in [0.4, 0.5) is 0 Å². The molecule has 0 aromatic rings. The van der Waals surface area contributed by atoms with Gasteiger partial charge in [-0.25, -0.2) is 0 Å². The van der Waals surface area contributed by atoms with Crippen molar-refractivity contribution in [3.8, 4) is 0 Å². The van der Waals surface area contributed by atoms with Crippen molar-refractivity contribution in [3.05, 3.63) is 0 Å². The predicted molar refractivity (Wildman–Crippen MR) is 33.1 cm³/mol. The second-order valence-electron chi connectivity index (χ2n) is 2.32. The summed E-state index contributed by atoms with van der Waals surface area (Å²) in [6.45, 7) is 6.62. The van der Waals surface area contributed by atoms with Gasteiger partial charge in [-0.3, -0.25) is 0 Å². The van der Waals surface area contributed by atoms with E-state index in [4.69, 9.17) is 0 Å². The fraction of sp³-hybridized carbons (Fsp3) is 1.00. The van der Waals surface area contributed by atoms with Crippen molar-refractivity contribution >= 4 is 26.4 Å². The van der Waals surface area contributed by atoms with Crippen LogP contribution in [0, 0.1) is 0 Å². The minimum atomic E-state index is 0.458. The van der Waals surface area contributed by atoms with Gasteiger partial charge in [-0.15, -0.1) is 0 Å². The molecular weight excluding hydrogens is 87.1 g/mol. The van der Waals surface area contributed by atoms with Crippen molar-refractivity contribution in [2.45, 2.75) is 25.5 Å². The Hall–Kier alpha value is 0.947. The van der Waals surface area contributed by atoms with Crippen molar-refractivity contribution in [3.63, 3.8) is 0 Å². The van der Waals surface area contributed by atoms with Crippen LogP contribution in [-0.2, 0) is 0 Å². The van der Waals surface area contributed by atoms with Gasteiger partial charge in [0.25, 0.3) is 0 Å². The van der Waals surface area contributed by atoms with Crippen molar-refractivity contribution in [1.29, 1.82) is 0 Å². The maximum absolute atomic E-state index is 2.21. The van der Waals surface area contributed by atoms with E-state index in [9.17, 15) is 0 Å². The molecule has 0 aliphatic carbocycles. The first kappa shape index (κ1) is 6.95. The molecule has 0 aliphatic rings. The minimum absolute atomic E-state index is 0.458. The zero-order valence-electron chi connectivity index (χ0n) is 4.91. The first-order chi connectivity index (χ1) is 2.56. The second-order valence-corrected chi connectivity index (χ2v) is 3.95. The molecule has 0 aliphatic heterocycles. The van der Waals surface area contributed by atoms with E-state index in [1.165, 1.54) is 0 Å². The monoisotopic (exact) mass is 96.1 g/mol. The first-order valence-corrected chi connectivity index (χ1v) is 3.34. The topological polar surface area (TPSA) is 0 Å². The summed E-state index contributed by atoms with van der Waals surface area (Å²) in [6.07, 6.45) is 0. The molecule has 0 N–H and O–H groups in total. The van der Waals surface area contributed by atoms with Crippen LogP contribution >= 0.6 is 9.86 Å². The molecule has 0 fully saturated rings. The molecule has 0 bridgehead atoms. The van der Waals surface area contributed by atoms with E-state index in [-0.39, 0.29) is 0 Å². The standard InChI is InChI=1S/C4H10S.Li/c1-4(2,3)5;/h5H,1-3H3;/q;+1/p-1. The molecule has 0 aromatic heterocycles. The van der Waals surface area contributed by atoms with Crippen LogP contribution in [0.5, 0.6) is 0 Å². The van der Waals surface area contributed by atoms with Crippen molar-refractivity contribution < 1.29 is 0 Å². The van der Waals surface area contributed by atoms with Gasteiger partial charge in [0.2, 0.25) is 0 Å². The summed E-state index contributed by atoms with van der Waals surface area (Å²) >= 11 is 2.12. The second kappa shape index (κ2) is 2.30. The van der Waals surface area contributed by atoms with E-state index in [2.05, 4.69) is 37.3 Å². The Kier molecular flexibility index (Phi) is 2.67. The Labute approximate surface area is 52.2 Å². The molecule has 0 spiro atoms. The third-order valence-corrected chi connectivity index (χ3v) is 1.84. The molecule has 32 valence electrons. The van der Waals surface area contributed by atoms with Crippen molar-refractivity contribution in [2.75, 3.05) is 0 Å². The van der Waals surface area contributed by atoms with E-state index >= 15 is 0 Å². The Bertz CT molecular complexity index is 37.3. The average Bonchev–Trinajstić information content (AvgIpc) is 1.35. The summed E-state index contributed by atoms with van der Waals surface area (Å²) in [6, 6.07) is 0. The molecule has 0 radical (unpaired) electrons. The summed E-state index contributed by atoms with van der Waals surface area (Å²) in [5, 5.41) is 0. The van der Waals surface area contributed by atoms with Crippen molar-refractivity contribution in [2.24, 2.45) is 0 Å². The maximum atomic E-state index is 2.21. The van der Waals surface area contributed by atoms with Crippen LogP contribution in [0.3, 0.4) is 0 Å². The van der Waals surface area contributed by atoms with E-state index in [1.54, 1.807) is 0 Å². The van der Waals surface area contributed by atoms with Crippen LogP contribution in [0.15, 0.2) is 0 Å². The zero-order chi connectivity index (χ0) is 5.21. The molecule has 0 saturated heterocycles. The van der Waals surface area contributed by atoms with Crippen molar-refractivity contribution in [1.82, 2.24) is 0 Å². The molecule has 0 saturated carbocycles. The molecule has 0 amide bonds. The Morgan fingerprint density at radius 1 is 1.33 bits per heavy atom. The fourth-order valence-corrected chi connectivity index (χ4v) is 0. The normalized spacial score (nSPS) is 12.2. The number of hydrogen-bond donors (Lipinski definition) is 0. The number of hydrogen-bond acceptors (Lipinski definition) is 1. The number of rotatable bonds is 0. The molecule has 0 unspecified atom stereocenters. The van der Waals surface area contributed by atoms with E-state index < -0.39 is 0 Å². The Morgan fingerprint density at radius 3 is 1.50 bits per heavy atom. The van der Waals surface area contributed by atoms with Crippen LogP contribution < -0.4 is 0 Å². The van der Waals surface area contributed by atoms with E-state index in [0.29, 0.717) is 4.75 Å². The van der Waals surface area contributed by atoms with Gasteiger partial charge in [-0.2, -0.15) is 0 Å². The molecule has 0 heterocycles. The van der Waals surface area contributed by atoms with Crippen LogP contribution in [0.25, 0.3) is 0 Å². The molecule has 0 aromatic carbocycles. The summed E-state index contributed by atoms with van der Waals surface area (Å²) in [7, 11) is 1.88. The molecule has 6 heavy (non-hydrogen) atoms. The van der Waals surface area contributed by atoms with Crippen LogP contribution in [0.2, 0.25) is 0 Å². The third-order valence-electron chi connectivity index (χ3n) is 0.612. The molecule has 0 nitrogen and oxygen atoms in total. The summed E-state index contributed by atoms with van der Waals surface area (Å²) in [4.78, 5) is 0. The van der Waals surface area contributed by atoms with Gasteiger partial charge in [0.05, 0.1) is 0 Å². The molecular formula is C4H9LiS. The van der Waals surface area contributed by atoms with Gasteiger partial charge in [0.15, 0.2) is 0 Å². The van der Waals surface area contributed by atoms with Crippen LogP contribution in [-0.4, -0.2) is 21.3 Å². The van der Waals surface area contributed by atoms with Gasteiger partial charge in [-0.05, 0) is 0 Å². The van der Waals surface area contributed by atoms with Gasteiger partial charge in [0, 0.05) is 0 Å². The summed E-state index contributed by atoms with van der Waals surface area (Å²) in [5.41, 5.74) is 0. The molecule has 2 heteroatoms. The Balaban J connectivity index is 3.17. The SMILES string of the molecule is [Li][S]C(C)(C)C. The molecule has 0 atom stereocenters. The Morgan fingerprint density at radius 2 is 1.50 bits per heavy atom. The summed E-state index contributed by atoms with van der Waals surface area (Å²) in [5.74, 6) is 0. The van der Waals surface area contributed by atoms with Gasteiger partial charge in [-0.1, -0.05) is 0 Å². The average molecular weight is 96.1 g/mol. The predicted octanol–water partition coefficient (Wildman–Crippen LogP) is 1.60. The quantitative estimate of drug-likeness (QED) is 0.413. The zero-order valence-corrected chi connectivity index (χ0v) is 5.72. The van der Waals surface area contributed by atoms with E-state index in [0.717, 1.165) is 0 Å². The first-order valence-electron chi connectivity index (χ1n) is 2.11. The summed E-state index contributed by atoms with van der Waals surface area (Å²) < 4.78 is 0.458. The van der Waals surface area contributed by atoms with Crippen LogP contribution in [0.1, 0.15) is 20.8 Å². The van der Waals surface area contributed by atoms with Gasteiger partial charge < -0.3 is 0 Å². The van der Waals surface area contributed by atoms with Gasteiger partial charge >= 0.3 is 51.9 Å². The molecule has 0 rings (SSSR count). The van der Waals surface area contributed by atoms with E-state index in [1.807, 2.05) is 9.86 Å². The fourth-order valence-electron chi connectivity index (χ4n) is 0. The van der Waals surface area contributed by atoms with Gasteiger partial charge in [0.1, 0.15) is 0 Å². The third kappa shape index (κ3) is 4.95.